The first-order valence-electron chi connectivity index (χ1n) is 6.31. The molecule has 1 aromatic rings. The summed E-state index contributed by atoms with van der Waals surface area (Å²) in [5, 5.41) is 3.08. The van der Waals surface area contributed by atoms with Crippen molar-refractivity contribution in [3.8, 4) is 0 Å². The first-order valence-corrected chi connectivity index (χ1v) is 7.80. The zero-order valence-electron chi connectivity index (χ0n) is 11.1. The minimum absolute atomic E-state index is 0.0907. The van der Waals surface area contributed by atoms with Gasteiger partial charge < -0.3 is 9.88 Å². The molecule has 1 aliphatic carbocycles. The van der Waals surface area contributed by atoms with Crippen molar-refractivity contribution in [2.45, 2.75) is 50.2 Å². The van der Waals surface area contributed by atoms with Gasteiger partial charge in [0.05, 0.1) is 4.90 Å². The second kappa shape index (κ2) is 5.03. The van der Waals surface area contributed by atoms with Gasteiger partial charge in [-0.05, 0) is 39.8 Å². The van der Waals surface area contributed by atoms with Crippen LogP contribution >= 0.6 is 0 Å². The molecule has 0 aromatic carbocycles. The van der Waals surface area contributed by atoms with Crippen LogP contribution in [0, 0.1) is 0 Å². The molecule has 2 N–H and O–H groups in total. The molecule has 0 radical (unpaired) electrons. The van der Waals surface area contributed by atoms with Gasteiger partial charge in [0.15, 0.2) is 0 Å². The molecule has 5 nitrogen and oxygen atoms in total. The minimum Gasteiger partial charge on any atom is -0.346 e. The maximum atomic E-state index is 12.1. The number of hydrogen-bond donors (Lipinski definition) is 2. The summed E-state index contributed by atoms with van der Waals surface area (Å²) in [4.78, 5) is 0.369. The number of aromatic nitrogens is 1. The van der Waals surface area contributed by atoms with Gasteiger partial charge in [-0.25, -0.2) is 13.1 Å². The van der Waals surface area contributed by atoms with Crippen LogP contribution < -0.4 is 10.0 Å². The highest BCUT2D eigenvalue weighted by atomic mass is 32.2. The van der Waals surface area contributed by atoms with Gasteiger partial charge in [0.1, 0.15) is 0 Å². The zero-order valence-corrected chi connectivity index (χ0v) is 11.9. The van der Waals surface area contributed by atoms with Crippen molar-refractivity contribution in [2.75, 3.05) is 7.05 Å². The Labute approximate surface area is 109 Å². The van der Waals surface area contributed by atoms with Gasteiger partial charge in [-0.1, -0.05) is 0 Å². The highest BCUT2D eigenvalue weighted by molar-refractivity contribution is 7.89. The summed E-state index contributed by atoms with van der Waals surface area (Å²) in [6, 6.07) is 2.16. The number of rotatable bonds is 6. The van der Waals surface area contributed by atoms with E-state index in [4.69, 9.17) is 0 Å². The second-order valence-corrected chi connectivity index (χ2v) is 6.83. The molecule has 0 atom stereocenters. The van der Waals surface area contributed by atoms with Crippen molar-refractivity contribution < 1.29 is 8.42 Å². The third-order valence-corrected chi connectivity index (χ3v) is 4.53. The zero-order chi connectivity index (χ0) is 13.3. The van der Waals surface area contributed by atoms with E-state index in [0.29, 0.717) is 17.5 Å². The summed E-state index contributed by atoms with van der Waals surface area (Å²) in [6.45, 7) is 4.33. The Morgan fingerprint density at radius 1 is 1.44 bits per heavy atom. The van der Waals surface area contributed by atoms with Gasteiger partial charge >= 0.3 is 0 Å². The molecule has 1 aliphatic rings. The first kappa shape index (κ1) is 13.6. The Morgan fingerprint density at radius 2 is 2.11 bits per heavy atom. The second-order valence-electron chi connectivity index (χ2n) is 5.11. The maximum absolute atomic E-state index is 12.1. The summed E-state index contributed by atoms with van der Waals surface area (Å²) in [5.74, 6) is 0. The fourth-order valence-corrected chi connectivity index (χ4v) is 3.34. The quantitative estimate of drug-likeness (QED) is 0.818. The Kier molecular flexibility index (Phi) is 3.79. The van der Waals surface area contributed by atoms with E-state index in [1.54, 1.807) is 12.3 Å². The lowest BCUT2D eigenvalue weighted by molar-refractivity contribution is 0.569. The molecule has 0 spiro atoms. The molecule has 18 heavy (non-hydrogen) atoms. The molecule has 2 rings (SSSR count). The largest absolute Gasteiger partial charge is 0.346 e. The number of hydrogen-bond acceptors (Lipinski definition) is 3. The highest BCUT2D eigenvalue weighted by Gasteiger charge is 2.28. The average molecular weight is 271 g/mol. The van der Waals surface area contributed by atoms with Crippen LogP contribution in [0.2, 0.25) is 0 Å². The van der Waals surface area contributed by atoms with E-state index < -0.39 is 10.0 Å². The van der Waals surface area contributed by atoms with E-state index in [1.165, 1.54) is 0 Å². The van der Waals surface area contributed by atoms with E-state index in [-0.39, 0.29) is 6.04 Å². The molecule has 1 fully saturated rings. The molecule has 1 saturated carbocycles. The summed E-state index contributed by atoms with van der Waals surface area (Å²) in [7, 11) is -1.52. The van der Waals surface area contributed by atoms with Crippen molar-refractivity contribution in [1.82, 2.24) is 14.6 Å². The first-order chi connectivity index (χ1) is 8.44. The average Bonchev–Trinajstić information content (AvgIpc) is 2.99. The van der Waals surface area contributed by atoms with E-state index in [9.17, 15) is 8.42 Å². The van der Waals surface area contributed by atoms with Crippen LogP contribution in [0.15, 0.2) is 17.2 Å². The Bertz CT molecular complexity index is 515. The van der Waals surface area contributed by atoms with Crippen LogP contribution in [-0.4, -0.2) is 26.1 Å². The standard InChI is InChI=1S/C12H21N3O2S/c1-9(2)14-18(16,17)12-6-11(7-13-3)15(8-12)10-4-5-10/h6,8-10,13-14H,4-5,7H2,1-3H3. The fourth-order valence-electron chi connectivity index (χ4n) is 2.04. The predicted molar refractivity (Wildman–Crippen MR) is 70.9 cm³/mol. The van der Waals surface area contributed by atoms with E-state index in [0.717, 1.165) is 18.5 Å². The summed E-state index contributed by atoms with van der Waals surface area (Å²) < 4.78 is 28.9. The van der Waals surface area contributed by atoms with E-state index in [1.807, 2.05) is 20.9 Å². The molecule has 0 saturated heterocycles. The molecule has 102 valence electrons. The number of nitrogens with one attached hydrogen (secondary N) is 2. The molecule has 6 heteroatoms. The summed E-state index contributed by atoms with van der Waals surface area (Å²) in [6.07, 6.45) is 4.04. The summed E-state index contributed by atoms with van der Waals surface area (Å²) in [5.41, 5.74) is 1.03. The van der Waals surface area contributed by atoms with Crippen LogP contribution in [0.25, 0.3) is 0 Å². The van der Waals surface area contributed by atoms with E-state index in [2.05, 4.69) is 14.6 Å². The molecule has 0 aliphatic heterocycles. The lowest BCUT2D eigenvalue weighted by atomic mass is 10.4. The molecular formula is C12H21N3O2S. The van der Waals surface area contributed by atoms with Crippen molar-refractivity contribution in [3.05, 3.63) is 18.0 Å². The molecule has 0 bridgehead atoms. The lowest BCUT2D eigenvalue weighted by Gasteiger charge is -2.07. The number of sulfonamides is 1. The normalized spacial score (nSPS) is 16.4. The molecular weight excluding hydrogens is 250 g/mol. The smallest absolute Gasteiger partial charge is 0.242 e. The van der Waals surface area contributed by atoms with Crippen LogP contribution in [0.1, 0.15) is 38.4 Å². The SMILES string of the molecule is CNCc1cc(S(=O)(=O)NC(C)C)cn1C1CC1. The minimum atomic E-state index is -3.38. The van der Waals surface area contributed by atoms with Gasteiger partial charge in [0.2, 0.25) is 10.0 Å². The number of nitrogens with zero attached hydrogens (tertiary/aromatic N) is 1. The van der Waals surface area contributed by atoms with Crippen molar-refractivity contribution in [2.24, 2.45) is 0 Å². The predicted octanol–water partition coefficient (Wildman–Crippen LogP) is 1.23. The lowest BCUT2D eigenvalue weighted by Crippen LogP contribution is -2.29. The van der Waals surface area contributed by atoms with Crippen molar-refractivity contribution in [3.63, 3.8) is 0 Å². The fraction of sp³-hybridized carbons (Fsp3) is 0.667. The maximum Gasteiger partial charge on any atom is 0.242 e. The van der Waals surface area contributed by atoms with Crippen molar-refractivity contribution >= 4 is 10.0 Å². The van der Waals surface area contributed by atoms with Gasteiger partial charge in [-0.2, -0.15) is 0 Å². The van der Waals surface area contributed by atoms with Gasteiger partial charge in [-0.15, -0.1) is 0 Å². The Balaban J connectivity index is 2.31. The molecule has 1 aromatic heterocycles. The van der Waals surface area contributed by atoms with Gasteiger partial charge in [0.25, 0.3) is 0 Å². The third-order valence-electron chi connectivity index (χ3n) is 2.91. The molecule has 0 unspecified atom stereocenters. The van der Waals surface area contributed by atoms with Gasteiger partial charge in [-0.3, -0.25) is 0 Å². The molecule has 1 heterocycles. The van der Waals surface area contributed by atoms with Crippen LogP contribution in [-0.2, 0) is 16.6 Å². The third kappa shape index (κ3) is 2.93. The topological polar surface area (TPSA) is 63.1 Å². The van der Waals surface area contributed by atoms with Crippen molar-refractivity contribution in [1.29, 1.82) is 0 Å². The van der Waals surface area contributed by atoms with Crippen LogP contribution in [0.3, 0.4) is 0 Å². The highest BCUT2D eigenvalue weighted by Crippen LogP contribution is 2.37. The Morgan fingerprint density at radius 3 is 2.61 bits per heavy atom. The molecule has 0 amide bonds. The van der Waals surface area contributed by atoms with E-state index >= 15 is 0 Å². The van der Waals surface area contributed by atoms with Gasteiger partial charge in [0, 0.05) is 30.5 Å². The van der Waals surface area contributed by atoms with Crippen LogP contribution in [0.5, 0.6) is 0 Å². The van der Waals surface area contributed by atoms with Crippen LogP contribution in [0.4, 0.5) is 0 Å². The monoisotopic (exact) mass is 271 g/mol. The summed E-state index contributed by atoms with van der Waals surface area (Å²) >= 11 is 0. The Hall–Kier alpha value is -0.850.